The molecular formula is C20H21F4N3O2S. The summed E-state index contributed by atoms with van der Waals surface area (Å²) in [6, 6.07) is 9.96. The van der Waals surface area contributed by atoms with Crippen molar-refractivity contribution in [2.24, 2.45) is 4.99 Å². The number of ether oxygens (including phenoxy) is 1. The van der Waals surface area contributed by atoms with Crippen LogP contribution in [0.1, 0.15) is 25.0 Å². The SMILES string of the molecule is CC.Cc1ccc2c(c1)SNC(C(=O)NCC(F)(F)c1ccccc1OC(F)F)=N2. The maximum absolute atomic E-state index is 14.5. The number of hydrogen-bond donors (Lipinski definition) is 2. The van der Waals surface area contributed by atoms with Crippen LogP contribution in [0.25, 0.3) is 0 Å². The fourth-order valence-electron chi connectivity index (χ4n) is 2.48. The summed E-state index contributed by atoms with van der Waals surface area (Å²) >= 11 is 1.15. The molecule has 0 radical (unpaired) electrons. The number of halogens is 4. The summed E-state index contributed by atoms with van der Waals surface area (Å²) in [4.78, 5) is 17.1. The van der Waals surface area contributed by atoms with E-state index in [0.717, 1.165) is 34.5 Å². The Labute approximate surface area is 176 Å². The zero-order chi connectivity index (χ0) is 22.3. The molecule has 0 unspecified atom stereocenters. The number of aliphatic imine (C=N–C) groups is 1. The predicted octanol–water partition coefficient (Wildman–Crippen LogP) is 5.17. The number of nitrogens with one attached hydrogen (secondary N) is 2. The Hall–Kier alpha value is -2.75. The van der Waals surface area contributed by atoms with Crippen LogP contribution in [0.15, 0.2) is 52.4 Å². The maximum Gasteiger partial charge on any atom is 0.387 e. The van der Waals surface area contributed by atoms with Crippen LogP contribution in [0.2, 0.25) is 0 Å². The highest BCUT2D eigenvalue weighted by Crippen LogP contribution is 2.35. The highest BCUT2D eigenvalue weighted by atomic mass is 32.2. The molecule has 10 heteroatoms. The van der Waals surface area contributed by atoms with Crippen LogP contribution < -0.4 is 14.8 Å². The molecule has 2 aromatic carbocycles. The number of nitrogens with zero attached hydrogens (tertiary/aromatic N) is 1. The van der Waals surface area contributed by atoms with Gasteiger partial charge in [-0.1, -0.05) is 32.0 Å². The molecule has 2 N–H and O–H groups in total. The number of rotatable bonds is 6. The molecule has 5 nitrogen and oxygen atoms in total. The number of fused-ring (bicyclic) bond motifs is 1. The van der Waals surface area contributed by atoms with Gasteiger partial charge in [0.1, 0.15) is 5.75 Å². The van der Waals surface area contributed by atoms with E-state index in [-0.39, 0.29) is 5.84 Å². The highest BCUT2D eigenvalue weighted by molar-refractivity contribution is 7.98. The molecule has 3 rings (SSSR count). The molecule has 0 atom stereocenters. The van der Waals surface area contributed by atoms with Gasteiger partial charge in [-0.25, -0.2) is 4.99 Å². The fourth-order valence-corrected chi connectivity index (χ4v) is 3.29. The first-order valence-electron chi connectivity index (χ1n) is 9.09. The lowest BCUT2D eigenvalue weighted by atomic mass is 10.1. The van der Waals surface area contributed by atoms with Gasteiger partial charge >= 0.3 is 6.61 Å². The summed E-state index contributed by atoms with van der Waals surface area (Å²) in [5.41, 5.74) is 0.812. The van der Waals surface area contributed by atoms with Crippen LogP contribution in [-0.4, -0.2) is 24.9 Å². The van der Waals surface area contributed by atoms with Crippen molar-refractivity contribution in [2.75, 3.05) is 6.54 Å². The average molecular weight is 443 g/mol. The third-order valence-corrected chi connectivity index (χ3v) is 4.63. The molecule has 0 aliphatic carbocycles. The Morgan fingerprint density at radius 3 is 2.63 bits per heavy atom. The molecule has 0 saturated carbocycles. The number of benzene rings is 2. The molecule has 30 heavy (non-hydrogen) atoms. The maximum atomic E-state index is 14.5. The van der Waals surface area contributed by atoms with E-state index < -0.39 is 36.3 Å². The van der Waals surface area contributed by atoms with Gasteiger partial charge in [-0.05, 0) is 48.7 Å². The van der Waals surface area contributed by atoms with Crippen molar-refractivity contribution in [1.82, 2.24) is 10.0 Å². The number of carbonyl (C=O) groups is 1. The fraction of sp³-hybridized carbons (Fsp3) is 0.300. The molecule has 0 fully saturated rings. The number of hydrogen-bond acceptors (Lipinski definition) is 5. The minimum atomic E-state index is -3.63. The van der Waals surface area contributed by atoms with E-state index in [4.69, 9.17) is 0 Å². The molecule has 0 aromatic heterocycles. The van der Waals surface area contributed by atoms with Gasteiger partial charge in [0.15, 0.2) is 0 Å². The lowest BCUT2D eigenvalue weighted by molar-refractivity contribution is -0.117. The van der Waals surface area contributed by atoms with Gasteiger partial charge < -0.3 is 14.8 Å². The first-order valence-corrected chi connectivity index (χ1v) is 9.90. The summed E-state index contributed by atoms with van der Waals surface area (Å²) < 4.78 is 60.6. The topological polar surface area (TPSA) is 62.7 Å². The summed E-state index contributed by atoms with van der Waals surface area (Å²) in [6.45, 7) is 1.56. The van der Waals surface area contributed by atoms with Gasteiger partial charge in [0, 0.05) is 0 Å². The number of carbonyl (C=O) groups excluding carboxylic acids is 1. The van der Waals surface area contributed by atoms with E-state index in [1.165, 1.54) is 12.1 Å². The first-order chi connectivity index (χ1) is 14.3. The van der Waals surface area contributed by atoms with Crippen LogP contribution in [0.4, 0.5) is 23.2 Å². The number of alkyl halides is 4. The van der Waals surface area contributed by atoms with Crippen molar-refractivity contribution >= 4 is 29.4 Å². The zero-order valence-corrected chi connectivity index (χ0v) is 17.3. The number of para-hydroxylation sites is 1. The molecule has 1 aliphatic heterocycles. The van der Waals surface area contributed by atoms with Crippen molar-refractivity contribution < 1.29 is 27.1 Å². The van der Waals surface area contributed by atoms with Gasteiger partial charge in [0.25, 0.3) is 11.8 Å². The summed E-state index contributed by atoms with van der Waals surface area (Å²) in [5, 5.41) is 2.08. The minimum absolute atomic E-state index is 0.130. The lowest BCUT2D eigenvalue weighted by Crippen LogP contribution is -2.42. The van der Waals surface area contributed by atoms with Crippen LogP contribution in [0, 0.1) is 6.92 Å². The largest absolute Gasteiger partial charge is 0.434 e. The second-order valence-corrected chi connectivity index (χ2v) is 6.75. The predicted molar refractivity (Wildman–Crippen MR) is 109 cm³/mol. The van der Waals surface area contributed by atoms with E-state index in [0.29, 0.717) is 5.69 Å². The Morgan fingerprint density at radius 2 is 1.93 bits per heavy atom. The molecule has 0 saturated heterocycles. The number of amides is 1. The summed E-state index contributed by atoms with van der Waals surface area (Å²) in [7, 11) is 0. The van der Waals surface area contributed by atoms with Crippen LogP contribution in [-0.2, 0) is 10.7 Å². The van der Waals surface area contributed by atoms with E-state index in [1.807, 2.05) is 32.9 Å². The van der Waals surface area contributed by atoms with Crippen molar-refractivity contribution in [2.45, 2.75) is 38.2 Å². The molecule has 0 bridgehead atoms. The number of amidine groups is 1. The number of aryl methyl sites for hydroxylation is 1. The minimum Gasteiger partial charge on any atom is -0.434 e. The highest BCUT2D eigenvalue weighted by Gasteiger charge is 2.36. The average Bonchev–Trinajstić information content (AvgIpc) is 2.73. The van der Waals surface area contributed by atoms with E-state index in [1.54, 1.807) is 6.07 Å². The van der Waals surface area contributed by atoms with Crippen molar-refractivity contribution in [1.29, 1.82) is 0 Å². The van der Waals surface area contributed by atoms with Gasteiger partial charge in [-0.3, -0.25) is 4.79 Å². The monoisotopic (exact) mass is 443 g/mol. The van der Waals surface area contributed by atoms with Gasteiger partial charge in [0.2, 0.25) is 5.84 Å². The molecule has 2 aromatic rings. The first kappa shape index (κ1) is 23.5. The van der Waals surface area contributed by atoms with Crippen LogP contribution in [0.3, 0.4) is 0 Å². The van der Waals surface area contributed by atoms with Crippen LogP contribution in [0.5, 0.6) is 5.75 Å². The summed E-state index contributed by atoms with van der Waals surface area (Å²) in [6.07, 6.45) is 0. The molecule has 1 aliphatic rings. The molecule has 1 heterocycles. The molecule has 1 amide bonds. The zero-order valence-electron chi connectivity index (χ0n) is 16.5. The third kappa shape index (κ3) is 5.88. The van der Waals surface area contributed by atoms with E-state index in [2.05, 4.69) is 19.8 Å². The normalized spacial score (nSPS) is 12.7. The van der Waals surface area contributed by atoms with Crippen molar-refractivity contribution in [3.63, 3.8) is 0 Å². The Morgan fingerprint density at radius 1 is 1.23 bits per heavy atom. The standard InChI is InChI=1S/C18H15F4N3O2S.C2H6/c1-10-6-7-12-14(8-10)28-25-15(24-12)16(26)23-9-18(21,22)11-4-2-3-5-13(11)27-17(19)20;1-2/h2-8,17H,9H2,1H3,(H,23,26)(H,24,25);1-2H3. The van der Waals surface area contributed by atoms with Gasteiger partial charge in [-0.2, -0.15) is 17.6 Å². The van der Waals surface area contributed by atoms with E-state index >= 15 is 0 Å². The summed E-state index contributed by atoms with van der Waals surface area (Å²) in [5.74, 6) is -5.25. The van der Waals surface area contributed by atoms with Crippen LogP contribution >= 0.6 is 11.9 Å². The molecular weight excluding hydrogens is 422 g/mol. The van der Waals surface area contributed by atoms with Gasteiger partial charge in [0.05, 0.1) is 22.7 Å². The smallest absolute Gasteiger partial charge is 0.387 e. The molecule has 0 spiro atoms. The Kier molecular flexibility index (Phi) is 8.10. The van der Waals surface area contributed by atoms with Crippen molar-refractivity contribution in [3.05, 3.63) is 53.6 Å². The third-order valence-electron chi connectivity index (χ3n) is 3.79. The quantitative estimate of drug-likeness (QED) is 0.478. The lowest BCUT2D eigenvalue weighted by Gasteiger charge is -2.21. The van der Waals surface area contributed by atoms with E-state index in [9.17, 15) is 22.4 Å². The Bertz CT molecular complexity index is 923. The second kappa shape index (κ2) is 10.3. The second-order valence-electron chi connectivity index (χ2n) is 5.90. The van der Waals surface area contributed by atoms with Gasteiger partial charge in [-0.15, -0.1) is 0 Å². The Balaban J connectivity index is 0.00000155. The molecule has 162 valence electrons. The van der Waals surface area contributed by atoms with Crippen molar-refractivity contribution in [3.8, 4) is 5.75 Å².